The molecule has 1 heterocycles. The van der Waals surface area contributed by atoms with Crippen molar-refractivity contribution >= 4 is 0 Å². The quantitative estimate of drug-likeness (QED) is 0.839. The topological polar surface area (TPSA) is 53.6 Å². The summed E-state index contributed by atoms with van der Waals surface area (Å²) in [7, 11) is 0. The summed E-state index contributed by atoms with van der Waals surface area (Å²) in [5.41, 5.74) is -1.49. The number of rotatable bonds is 7. The van der Waals surface area contributed by atoms with E-state index in [9.17, 15) is 18.4 Å². The van der Waals surface area contributed by atoms with E-state index < -0.39 is 17.4 Å². The van der Waals surface area contributed by atoms with Crippen molar-refractivity contribution in [1.29, 1.82) is 5.26 Å². The number of alkyl halides is 3. The average Bonchev–Trinajstić information content (AvgIpc) is 2.86. The standard InChI is InChI=1S/C13H19F3N4/c1-3-12(10-17,18-4-2)7-5-8-20-9-6-11(19-20)13(14,15)16/h6,9,18H,3-5,7-8H2,1-2H3. The Morgan fingerprint density at radius 2 is 2.10 bits per heavy atom. The van der Waals surface area contributed by atoms with E-state index in [1.165, 1.54) is 10.9 Å². The SMILES string of the molecule is CCNC(C#N)(CC)CCCn1ccc(C(F)(F)F)n1. The van der Waals surface area contributed by atoms with Crippen LogP contribution >= 0.6 is 0 Å². The Balaban J connectivity index is 2.56. The molecule has 0 saturated heterocycles. The summed E-state index contributed by atoms with van der Waals surface area (Å²) < 4.78 is 38.5. The fourth-order valence-corrected chi connectivity index (χ4v) is 2.08. The molecular weight excluding hydrogens is 269 g/mol. The first-order valence-electron chi connectivity index (χ1n) is 6.64. The third-order valence-electron chi connectivity index (χ3n) is 3.25. The van der Waals surface area contributed by atoms with Crippen LogP contribution in [-0.2, 0) is 12.7 Å². The molecule has 4 nitrogen and oxygen atoms in total. The highest BCUT2D eigenvalue weighted by Gasteiger charge is 2.33. The van der Waals surface area contributed by atoms with Gasteiger partial charge < -0.3 is 0 Å². The second kappa shape index (κ2) is 6.75. The molecule has 1 N–H and O–H groups in total. The molecule has 112 valence electrons. The van der Waals surface area contributed by atoms with Gasteiger partial charge in [-0.05, 0) is 31.9 Å². The largest absolute Gasteiger partial charge is 0.435 e. The maximum absolute atomic E-state index is 12.4. The summed E-state index contributed by atoms with van der Waals surface area (Å²) in [4.78, 5) is 0. The number of nitrogens with zero attached hydrogens (tertiary/aromatic N) is 3. The Kier molecular flexibility index (Phi) is 5.57. The number of nitrogens with one attached hydrogen (secondary N) is 1. The van der Waals surface area contributed by atoms with Crippen molar-refractivity contribution in [2.75, 3.05) is 6.54 Å². The van der Waals surface area contributed by atoms with E-state index in [0.29, 0.717) is 32.4 Å². The minimum Gasteiger partial charge on any atom is -0.300 e. The van der Waals surface area contributed by atoms with Crippen molar-refractivity contribution < 1.29 is 13.2 Å². The van der Waals surface area contributed by atoms with Crippen molar-refractivity contribution in [2.45, 2.75) is 51.4 Å². The Hall–Kier alpha value is -1.55. The molecule has 1 aromatic rings. The van der Waals surface area contributed by atoms with E-state index in [4.69, 9.17) is 0 Å². The third kappa shape index (κ3) is 4.23. The van der Waals surface area contributed by atoms with Gasteiger partial charge in [0.1, 0.15) is 5.54 Å². The van der Waals surface area contributed by atoms with Gasteiger partial charge in [-0.1, -0.05) is 13.8 Å². The maximum Gasteiger partial charge on any atom is 0.435 e. The van der Waals surface area contributed by atoms with Gasteiger partial charge in [0.2, 0.25) is 0 Å². The third-order valence-corrected chi connectivity index (χ3v) is 3.25. The molecule has 0 saturated carbocycles. The predicted molar refractivity (Wildman–Crippen MR) is 68.8 cm³/mol. The summed E-state index contributed by atoms with van der Waals surface area (Å²) in [6.45, 7) is 4.89. The van der Waals surface area contributed by atoms with Crippen LogP contribution in [0.5, 0.6) is 0 Å². The molecule has 0 aliphatic rings. The molecular formula is C13H19F3N4. The predicted octanol–water partition coefficient (Wildman–Crippen LogP) is 2.96. The normalized spacial score (nSPS) is 14.8. The van der Waals surface area contributed by atoms with Crippen molar-refractivity contribution in [3.63, 3.8) is 0 Å². The van der Waals surface area contributed by atoms with Crippen LogP contribution < -0.4 is 5.32 Å². The summed E-state index contributed by atoms with van der Waals surface area (Å²) in [6.07, 6.45) is -1.27. The van der Waals surface area contributed by atoms with Gasteiger partial charge in [-0.3, -0.25) is 10.00 Å². The zero-order chi connectivity index (χ0) is 15.2. The first-order chi connectivity index (χ1) is 9.37. The molecule has 7 heteroatoms. The summed E-state index contributed by atoms with van der Waals surface area (Å²) in [5, 5.41) is 15.9. The van der Waals surface area contributed by atoms with Crippen LogP contribution in [0.4, 0.5) is 13.2 Å². The highest BCUT2D eigenvalue weighted by atomic mass is 19.4. The zero-order valence-electron chi connectivity index (χ0n) is 11.7. The van der Waals surface area contributed by atoms with E-state index in [-0.39, 0.29) is 0 Å². The average molecular weight is 288 g/mol. The van der Waals surface area contributed by atoms with Gasteiger partial charge in [-0.15, -0.1) is 0 Å². The Bertz CT molecular complexity index is 461. The van der Waals surface area contributed by atoms with Gasteiger partial charge in [0, 0.05) is 12.7 Å². The number of halogens is 3. The van der Waals surface area contributed by atoms with Crippen LogP contribution in [0.2, 0.25) is 0 Å². The molecule has 1 unspecified atom stereocenters. The first-order valence-corrected chi connectivity index (χ1v) is 6.64. The van der Waals surface area contributed by atoms with Crippen LogP contribution in [0.25, 0.3) is 0 Å². The lowest BCUT2D eigenvalue weighted by Gasteiger charge is -2.25. The molecule has 0 fully saturated rings. The molecule has 0 aromatic carbocycles. The van der Waals surface area contributed by atoms with Crippen LogP contribution in [0.1, 0.15) is 38.8 Å². The minimum atomic E-state index is -4.41. The lowest BCUT2D eigenvalue weighted by molar-refractivity contribution is -0.141. The van der Waals surface area contributed by atoms with E-state index in [1.54, 1.807) is 0 Å². The lowest BCUT2D eigenvalue weighted by atomic mass is 9.92. The minimum absolute atomic E-state index is 0.366. The van der Waals surface area contributed by atoms with Crippen molar-refractivity contribution in [3.8, 4) is 6.07 Å². The van der Waals surface area contributed by atoms with Crippen molar-refractivity contribution in [3.05, 3.63) is 18.0 Å². The molecule has 0 aliphatic carbocycles. The molecule has 0 aliphatic heterocycles. The van der Waals surface area contributed by atoms with Crippen LogP contribution in [0.15, 0.2) is 12.3 Å². The zero-order valence-corrected chi connectivity index (χ0v) is 11.7. The number of aryl methyl sites for hydroxylation is 1. The van der Waals surface area contributed by atoms with E-state index >= 15 is 0 Å². The lowest BCUT2D eigenvalue weighted by Crippen LogP contribution is -2.43. The second-order valence-corrected chi connectivity index (χ2v) is 4.64. The highest BCUT2D eigenvalue weighted by Crippen LogP contribution is 2.27. The first kappa shape index (κ1) is 16.5. The van der Waals surface area contributed by atoms with Gasteiger partial charge >= 0.3 is 6.18 Å². The molecule has 20 heavy (non-hydrogen) atoms. The van der Waals surface area contributed by atoms with E-state index in [2.05, 4.69) is 16.5 Å². The summed E-state index contributed by atoms with van der Waals surface area (Å²) in [5.74, 6) is 0. The highest BCUT2D eigenvalue weighted by molar-refractivity contribution is 5.06. The van der Waals surface area contributed by atoms with E-state index in [1.807, 2.05) is 13.8 Å². The van der Waals surface area contributed by atoms with Gasteiger partial charge in [-0.2, -0.15) is 23.5 Å². The Labute approximate surface area is 116 Å². The van der Waals surface area contributed by atoms with Crippen molar-refractivity contribution in [1.82, 2.24) is 15.1 Å². The van der Waals surface area contributed by atoms with Crippen LogP contribution in [-0.4, -0.2) is 21.9 Å². The molecule has 0 spiro atoms. The molecule has 0 amide bonds. The maximum atomic E-state index is 12.4. The summed E-state index contributed by atoms with van der Waals surface area (Å²) in [6, 6.07) is 3.22. The fourth-order valence-electron chi connectivity index (χ4n) is 2.08. The van der Waals surface area contributed by atoms with Gasteiger partial charge in [-0.25, -0.2) is 0 Å². The smallest absolute Gasteiger partial charge is 0.300 e. The Morgan fingerprint density at radius 3 is 2.55 bits per heavy atom. The molecule has 0 bridgehead atoms. The number of nitriles is 1. The van der Waals surface area contributed by atoms with Gasteiger partial charge in [0.05, 0.1) is 6.07 Å². The van der Waals surface area contributed by atoms with E-state index in [0.717, 1.165) is 6.07 Å². The number of aromatic nitrogens is 2. The monoisotopic (exact) mass is 288 g/mol. The van der Waals surface area contributed by atoms with Gasteiger partial charge in [0.15, 0.2) is 5.69 Å². The van der Waals surface area contributed by atoms with Crippen LogP contribution in [0, 0.1) is 11.3 Å². The number of hydrogen-bond acceptors (Lipinski definition) is 3. The Morgan fingerprint density at radius 1 is 1.40 bits per heavy atom. The fraction of sp³-hybridized carbons (Fsp3) is 0.692. The number of hydrogen-bond donors (Lipinski definition) is 1. The van der Waals surface area contributed by atoms with Crippen molar-refractivity contribution in [2.24, 2.45) is 0 Å². The molecule has 1 atom stereocenters. The van der Waals surface area contributed by atoms with Gasteiger partial charge in [0.25, 0.3) is 0 Å². The van der Waals surface area contributed by atoms with Crippen LogP contribution in [0.3, 0.4) is 0 Å². The summed E-state index contributed by atoms with van der Waals surface area (Å²) >= 11 is 0. The second-order valence-electron chi connectivity index (χ2n) is 4.64. The molecule has 1 rings (SSSR count). The molecule has 0 radical (unpaired) electrons. The molecule has 1 aromatic heterocycles.